The van der Waals surface area contributed by atoms with Gasteiger partial charge in [-0.25, -0.2) is 8.78 Å². The van der Waals surface area contributed by atoms with E-state index in [2.05, 4.69) is 4.43 Å². The highest BCUT2D eigenvalue weighted by Gasteiger charge is 2.03. The van der Waals surface area contributed by atoms with Gasteiger partial charge in [0.05, 0.1) is 0 Å². The van der Waals surface area contributed by atoms with E-state index in [-0.39, 0.29) is 0 Å². The number of hydrogen-bond donors (Lipinski definition) is 2. The highest BCUT2D eigenvalue weighted by Crippen LogP contribution is 1.98. The average Bonchev–Trinajstić information content (AvgIpc) is 1.99. The molecule has 1 aromatic carbocycles. The fourth-order valence-electron chi connectivity index (χ4n) is 0.865. The Morgan fingerprint density at radius 2 is 1.69 bits per heavy atom. The molecule has 0 heterocycles. The van der Waals surface area contributed by atoms with Gasteiger partial charge in [0.2, 0.25) is 0 Å². The van der Waals surface area contributed by atoms with E-state index in [4.69, 9.17) is 10.2 Å². The van der Waals surface area contributed by atoms with Gasteiger partial charge in [0.1, 0.15) is 11.6 Å². The first-order valence-corrected chi connectivity index (χ1v) is 4.79. The summed E-state index contributed by atoms with van der Waals surface area (Å²) in [6, 6.07) is 2.96. The average molecular weight is 206 g/mol. The zero-order chi connectivity index (χ0) is 9.84. The monoisotopic (exact) mass is 206 g/mol. The SMILES string of the molecule is OC(O)O[SiH2]c1cc(F)cc(F)c1. The Morgan fingerprint density at radius 1 is 1.15 bits per heavy atom. The van der Waals surface area contributed by atoms with Gasteiger partial charge in [0.25, 0.3) is 6.48 Å². The number of rotatable bonds is 3. The van der Waals surface area contributed by atoms with Crippen LogP contribution in [0.2, 0.25) is 0 Å². The highest BCUT2D eigenvalue weighted by molar-refractivity contribution is 6.46. The predicted octanol–water partition coefficient (Wildman–Crippen LogP) is -1.04. The lowest BCUT2D eigenvalue weighted by molar-refractivity contribution is -0.179. The maximum Gasteiger partial charge on any atom is 0.256 e. The number of halogens is 2. The van der Waals surface area contributed by atoms with E-state index in [1.807, 2.05) is 0 Å². The minimum atomic E-state index is -1.88. The van der Waals surface area contributed by atoms with E-state index in [0.29, 0.717) is 5.19 Å². The van der Waals surface area contributed by atoms with Crippen LogP contribution in [0.15, 0.2) is 18.2 Å². The summed E-state index contributed by atoms with van der Waals surface area (Å²) < 4.78 is 29.6. The second kappa shape index (κ2) is 4.42. The van der Waals surface area contributed by atoms with E-state index < -0.39 is 27.9 Å². The Balaban J connectivity index is 2.66. The van der Waals surface area contributed by atoms with E-state index >= 15 is 0 Å². The maximum atomic E-state index is 12.6. The summed E-state index contributed by atoms with van der Waals surface area (Å²) in [5.41, 5.74) is 0. The Labute approximate surface area is 75.5 Å². The van der Waals surface area contributed by atoms with Crippen LogP contribution in [0.25, 0.3) is 0 Å². The van der Waals surface area contributed by atoms with Crippen LogP contribution in [0.4, 0.5) is 8.78 Å². The summed E-state index contributed by atoms with van der Waals surface area (Å²) in [5, 5.41) is 17.0. The molecule has 0 saturated carbocycles. The highest BCUT2D eigenvalue weighted by atomic mass is 28.2. The van der Waals surface area contributed by atoms with Crippen LogP contribution in [-0.2, 0) is 4.43 Å². The molecule has 0 radical (unpaired) electrons. The Hall–Kier alpha value is -0.823. The first kappa shape index (κ1) is 10.3. The molecule has 0 aliphatic heterocycles. The van der Waals surface area contributed by atoms with Crippen LogP contribution in [-0.4, -0.2) is 26.5 Å². The van der Waals surface area contributed by atoms with Crippen LogP contribution in [0.1, 0.15) is 0 Å². The van der Waals surface area contributed by atoms with Crippen LogP contribution >= 0.6 is 0 Å². The number of aliphatic hydroxyl groups is 2. The second-order valence-corrected chi connectivity index (χ2v) is 3.85. The molecule has 0 saturated heterocycles. The summed E-state index contributed by atoms with van der Waals surface area (Å²) >= 11 is 0. The molecule has 0 amide bonds. The first-order valence-electron chi connectivity index (χ1n) is 3.50. The lowest BCUT2D eigenvalue weighted by atomic mass is 10.3. The van der Waals surface area contributed by atoms with E-state index in [0.717, 1.165) is 18.2 Å². The van der Waals surface area contributed by atoms with Crippen LogP contribution < -0.4 is 5.19 Å². The van der Waals surface area contributed by atoms with Gasteiger partial charge in [0, 0.05) is 6.07 Å². The van der Waals surface area contributed by atoms with Crippen molar-refractivity contribution in [2.45, 2.75) is 6.48 Å². The van der Waals surface area contributed by atoms with Gasteiger partial charge in [-0.05, 0) is 17.3 Å². The molecule has 0 fully saturated rings. The third-order valence-corrected chi connectivity index (χ3v) is 2.53. The molecule has 0 aromatic heterocycles. The van der Waals surface area contributed by atoms with Gasteiger partial charge in [-0.15, -0.1) is 0 Å². The van der Waals surface area contributed by atoms with Crippen molar-refractivity contribution in [1.29, 1.82) is 0 Å². The molecule has 0 atom stereocenters. The summed E-state index contributed by atoms with van der Waals surface area (Å²) in [6.45, 7) is -1.88. The van der Waals surface area contributed by atoms with Gasteiger partial charge in [-0.3, -0.25) is 0 Å². The topological polar surface area (TPSA) is 49.7 Å². The summed E-state index contributed by atoms with van der Waals surface area (Å²) in [5.74, 6) is -1.39. The summed E-state index contributed by atoms with van der Waals surface area (Å²) in [6.07, 6.45) is 0. The van der Waals surface area contributed by atoms with Gasteiger partial charge in [0.15, 0.2) is 9.76 Å². The van der Waals surface area contributed by atoms with Crippen LogP contribution in [0.3, 0.4) is 0 Å². The Morgan fingerprint density at radius 3 is 2.15 bits per heavy atom. The van der Waals surface area contributed by atoms with Crippen molar-refractivity contribution in [3.63, 3.8) is 0 Å². The molecule has 1 rings (SSSR count). The molecule has 13 heavy (non-hydrogen) atoms. The standard InChI is InChI=1S/C7H8F2O3Si/c8-4-1-5(9)3-6(2-4)13-12-7(10)11/h1-3,7,10-11H,13H2. The van der Waals surface area contributed by atoms with E-state index in [1.54, 1.807) is 0 Å². The molecule has 0 unspecified atom stereocenters. The first-order chi connectivity index (χ1) is 6.08. The molecular formula is C7H8F2O3Si. The fourth-order valence-corrected chi connectivity index (χ4v) is 1.76. The Bertz CT molecular complexity index is 273. The van der Waals surface area contributed by atoms with Crippen molar-refractivity contribution in [2.75, 3.05) is 0 Å². The zero-order valence-corrected chi connectivity index (χ0v) is 7.99. The molecule has 2 N–H and O–H groups in total. The fraction of sp³-hybridized carbons (Fsp3) is 0.143. The van der Waals surface area contributed by atoms with Crippen LogP contribution in [0, 0.1) is 11.6 Å². The lowest BCUT2D eigenvalue weighted by Gasteiger charge is -2.05. The van der Waals surface area contributed by atoms with Crippen molar-refractivity contribution >= 4 is 14.9 Å². The Kier molecular flexibility index (Phi) is 3.49. The van der Waals surface area contributed by atoms with Gasteiger partial charge >= 0.3 is 0 Å². The molecule has 6 heteroatoms. The molecule has 1 aromatic rings. The zero-order valence-electron chi connectivity index (χ0n) is 6.58. The molecule has 0 aliphatic carbocycles. The van der Waals surface area contributed by atoms with Gasteiger partial charge in [-0.1, -0.05) is 0 Å². The van der Waals surface area contributed by atoms with Gasteiger partial charge in [-0.2, -0.15) is 0 Å². The summed E-state index contributed by atoms with van der Waals surface area (Å²) in [4.78, 5) is 0. The van der Waals surface area contributed by atoms with E-state index in [9.17, 15) is 8.78 Å². The van der Waals surface area contributed by atoms with Crippen molar-refractivity contribution in [1.82, 2.24) is 0 Å². The molecule has 3 nitrogen and oxygen atoms in total. The molecule has 0 aliphatic rings. The molecular weight excluding hydrogens is 198 g/mol. The van der Waals surface area contributed by atoms with E-state index in [1.165, 1.54) is 0 Å². The van der Waals surface area contributed by atoms with Gasteiger partial charge < -0.3 is 14.6 Å². The van der Waals surface area contributed by atoms with Crippen molar-refractivity contribution in [3.05, 3.63) is 29.8 Å². The molecule has 72 valence electrons. The predicted molar refractivity (Wildman–Crippen MR) is 43.8 cm³/mol. The van der Waals surface area contributed by atoms with Crippen molar-refractivity contribution < 1.29 is 23.4 Å². The number of benzene rings is 1. The second-order valence-electron chi connectivity index (χ2n) is 2.41. The largest absolute Gasteiger partial charge is 0.373 e. The minimum absolute atomic E-state index is 0.339. The third kappa shape index (κ3) is 3.60. The number of hydrogen-bond acceptors (Lipinski definition) is 3. The molecule has 0 spiro atoms. The minimum Gasteiger partial charge on any atom is -0.373 e. The number of aliphatic hydroxyl groups excluding tert-OH is 1. The third-order valence-electron chi connectivity index (χ3n) is 1.32. The van der Waals surface area contributed by atoms with Crippen molar-refractivity contribution in [2.24, 2.45) is 0 Å². The van der Waals surface area contributed by atoms with Crippen LogP contribution in [0.5, 0.6) is 0 Å². The smallest absolute Gasteiger partial charge is 0.256 e. The van der Waals surface area contributed by atoms with Crippen molar-refractivity contribution in [3.8, 4) is 0 Å². The lowest BCUT2D eigenvalue weighted by Crippen LogP contribution is -2.24. The summed E-state index contributed by atoms with van der Waals surface area (Å²) in [7, 11) is -1.48. The quantitative estimate of drug-likeness (QED) is 0.490. The molecule has 0 bridgehead atoms. The maximum absolute atomic E-state index is 12.6. The normalized spacial score (nSPS) is 11.8.